The van der Waals surface area contributed by atoms with Crippen molar-refractivity contribution in [2.45, 2.75) is 0 Å². The fraction of sp³-hybridized carbons (Fsp3) is 0.364. The summed E-state index contributed by atoms with van der Waals surface area (Å²) in [5, 5.41) is 13.2. The van der Waals surface area contributed by atoms with Crippen molar-refractivity contribution in [2.24, 2.45) is 0 Å². The minimum absolute atomic E-state index is 0.0267. The third kappa shape index (κ3) is 6.28. The zero-order valence-electron chi connectivity index (χ0n) is 17.4. The van der Waals surface area contributed by atoms with Crippen LogP contribution in [0, 0.1) is 0 Å². The molecule has 0 aliphatic rings. The summed E-state index contributed by atoms with van der Waals surface area (Å²) in [6.07, 6.45) is 1.71. The molecule has 1 heterocycles. The van der Waals surface area contributed by atoms with Gasteiger partial charge in [-0.05, 0) is 48.5 Å². The molecule has 8 nitrogen and oxygen atoms in total. The Kier molecular flexibility index (Phi) is 8.20. The van der Waals surface area contributed by atoms with Gasteiger partial charge in [-0.15, -0.1) is 5.10 Å². The molecule has 0 saturated carbocycles. The molecule has 0 amide bonds. The highest BCUT2D eigenvalue weighted by Gasteiger charge is 2.06. The number of benzene rings is 2. The molecule has 0 radical (unpaired) electrons. The number of nitrogens with zero attached hydrogens (tertiary/aromatic N) is 4. The minimum atomic E-state index is 0.0267. The van der Waals surface area contributed by atoms with Gasteiger partial charge >= 0.3 is 0 Å². The maximum absolute atomic E-state index is 8.61. The number of hydrogen-bond acceptors (Lipinski definition) is 7. The number of rotatable bonds is 12. The Morgan fingerprint density at radius 2 is 1.53 bits per heavy atom. The lowest BCUT2D eigenvalue weighted by Crippen LogP contribution is -2.11. The molecule has 1 aromatic heterocycles. The molecule has 30 heavy (non-hydrogen) atoms. The zero-order valence-corrected chi connectivity index (χ0v) is 17.4. The number of anilines is 1. The molecular formula is C22H28N4O4. The molecule has 160 valence electrons. The fourth-order valence-corrected chi connectivity index (χ4v) is 2.73. The zero-order chi connectivity index (χ0) is 21.2. The summed E-state index contributed by atoms with van der Waals surface area (Å²) in [6, 6.07) is 15.8. The first-order valence-corrected chi connectivity index (χ1v) is 9.86. The lowest BCUT2D eigenvalue weighted by molar-refractivity contribution is 0.0247. The highest BCUT2D eigenvalue weighted by atomic mass is 16.5. The highest BCUT2D eigenvalue weighted by Crippen LogP contribution is 2.20. The molecule has 1 N–H and O–H groups in total. The van der Waals surface area contributed by atoms with Crippen LogP contribution in [0.4, 0.5) is 5.69 Å². The van der Waals surface area contributed by atoms with Crippen molar-refractivity contribution in [3.8, 4) is 22.8 Å². The Hall–Kier alpha value is -2.94. The number of ether oxygens (including phenoxy) is 3. The van der Waals surface area contributed by atoms with E-state index in [0.29, 0.717) is 38.9 Å². The van der Waals surface area contributed by atoms with Crippen LogP contribution in [-0.4, -0.2) is 73.6 Å². The third-order valence-electron chi connectivity index (χ3n) is 4.34. The Bertz CT molecular complexity index is 879. The van der Waals surface area contributed by atoms with Crippen molar-refractivity contribution in [1.82, 2.24) is 14.8 Å². The van der Waals surface area contributed by atoms with E-state index in [1.54, 1.807) is 11.0 Å². The van der Waals surface area contributed by atoms with Gasteiger partial charge in [0.1, 0.15) is 18.7 Å². The topological polar surface area (TPSA) is 81.9 Å². The Labute approximate surface area is 176 Å². The Balaban J connectivity index is 1.48. The molecule has 3 rings (SSSR count). The predicted molar refractivity (Wildman–Crippen MR) is 115 cm³/mol. The summed E-state index contributed by atoms with van der Waals surface area (Å²) in [5.74, 6) is 1.44. The van der Waals surface area contributed by atoms with Crippen molar-refractivity contribution in [3.05, 3.63) is 54.9 Å². The van der Waals surface area contributed by atoms with E-state index in [2.05, 4.69) is 15.0 Å². The first kappa shape index (κ1) is 21.8. The lowest BCUT2D eigenvalue weighted by atomic mass is 10.2. The van der Waals surface area contributed by atoms with Crippen LogP contribution >= 0.6 is 0 Å². The van der Waals surface area contributed by atoms with E-state index in [9.17, 15) is 0 Å². The van der Waals surface area contributed by atoms with Crippen LogP contribution < -0.4 is 9.64 Å². The average molecular weight is 412 g/mol. The van der Waals surface area contributed by atoms with Gasteiger partial charge in [-0.3, -0.25) is 0 Å². The largest absolute Gasteiger partial charge is 0.491 e. The standard InChI is InChI=1S/C22H28N4O4/c1-25(2)19-5-3-18(4-6-19)22-23-17-26(24-22)20-7-9-21(10-8-20)30-16-15-29-14-13-28-12-11-27/h3-10,17,27H,11-16H2,1-2H3. The van der Waals surface area contributed by atoms with Crippen LogP contribution in [0.15, 0.2) is 54.9 Å². The van der Waals surface area contributed by atoms with E-state index in [1.165, 1.54) is 0 Å². The summed E-state index contributed by atoms with van der Waals surface area (Å²) in [7, 11) is 4.02. The molecule has 0 fully saturated rings. The van der Waals surface area contributed by atoms with Gasteiger partial charge in [0.25, 0.3) is 0 Å². The lowest BCUT2D eigenvalue weighted by Gasteiger charge is -2.11. The molecule has 0 unspecified atom stereocenters. The summed E-state index contributed by atoms with van der Waals surface area (Å²) in [5.41, 5.74) is 3.01. The number of aliphatic hydroxyl groups is 1. The monoisotopic (exact) mass is 412 g/mol. The summed E-state index contributed by atoms with van der Waals surface area (Å²) < 4.78 is 17.9. The van der Waals surface area contributed by atoms with Crippen LogP contribution in [0.3, 0.4) is 0 Å². The van der Waals surface area contributed by atoms with Gasteiger partial charge in [0.15, 0.2) is 5.82 Å². The van der Waals surface area contributed by atoms with E-state index < -0.39 is 0 Å². The van der Waals surface area contributed by atoms with E-state index in [-0.39, 0.29) is 6.61 Å². The highest BCUT2D eigenvalue weighted by molar-refractivity contribution is 5.60. The van der Waals surface area contributed by atoms with E-state index in [0.717, 1.165) is 22.7 Å². The molecule has 0 aliphatic heterocycles. The second-order valence-corrected chi connectivity index (χ2v) is 6.74. The van der Waals surface area contributed by atoms with Crippen molar-refractivity contribution < 1.29 is 19.3 Å². The molecule has 0 spiro atoms. The first-order valence-electron chi connectivity index (χ1n) is 9.86. The molecule has 8 heteroatoms. The third-order valence-corrected chi connectivity index (χ3v) is 4.34. The summed E-state index contributed by atoms with van der Waals surface area (Å²) >= 11 is 0. The molecule has 0 atom stereocenters. The minimum Gasteiger partial charge on any atom is -0.491 e. The van der Waals surface area contributed by atoms with E-state index >= 15 is 0 Å². The predicted octanol–water partition coefficient (Wildman–Crippen LogP) is 2.40. The molecule has 0 aliphatic carbocycles. The first-order chi connectivity index (χ1) is 14.7. The van der Waals surface area contributed by atoms with Crippen LogP contribution in [-0.2, 0) is 9.47 Å². The number of hydrogen-bond donors (Lipinski definition) is 1. The Morgan fingerprint density at radius 3 is 2.20 bits per heavy atom. The van der Waals surface area contributed by atoms with Crippen molar-refractivity contribution in [1.29, 1.82) is 0 Å². The average Bonchev–Trinajstić information content (AvgIpc) is 3.26. The Morgan fingerprint density at radius 1 is 0.867 bits per heavy atom. The second-order valence-electron chi connectivity index (χ2n) is 6.74. The quantitative estimate of drug-likeness (QED) is 0.458. The molecule has 0 bridgehead atoms. The SMILES string of the molecule is CN(C)c1ccc(-c2ncn(-c3ccc(OCCOCCOCCO)cc3)n2)cc1. The van der Waals surface area contributed by atoms with Crippen LogP contribution in [0.1, 0.15) is 0 Å². The van der Waals surface area contributed by atoms with Gasteiger partial charge in [0.05, 0.1) is 38.7 Å². The molecule has 3 aromatic rings. The second kappa shape index (κ2) is 11.3. The van der Waals surface area contributed by atoms with Gasteiger partial charge in [-0.1, -0.05) is 0 Å². The summed E-state index contributed by atoms with van der Waals surface area (Å²) in [6.45, 7) is 2.24. The van der Waals surface area contributed by atoms with Gasteiger partial charge < -0.3 is 24.2 Å². The maximum Gasteiger partial charge on any atom is 0.181 e. The number of aromatic nitrogens is 3. The van der Waals surface area contributed by atoms with Gasteiger partial charge in [-0.2, -0.15) is 0 Å². The van der Waals surface area contributed by atoms with Crippen molar-refractivity contribution in [2.75, 3.05) is 58.6 Å². The molecule has 2 aromatic carbocycles. The van der Waals surface area contributed by atoms with E-state index in [1.807, 2.05) is 62.6 Å². The van der Waals surface area contributed by atoms with Gasteiger partial charge in [0.2, 0.25) is 0 Å². The van der Waals surface area contributed by atoms with Gasteiger partial charge in [0, 0.05) is 25.3 Å². The molecular weight excluding hydrogens is 384 g/mol. The van der Waals surface area contributed by atoms with Gasteiger partial charge in [-0.25, -0.2) is 9.67 Å². The van der Waals surface area contributed by atoms with Crippen LogP contribution in [0.2, 0.25) is 0 Å². The van der Waals surface area contributed by atoms with E-state index in [4.69, 9.17) is 19.3 Å². The van der Waals surface area contributed by atoms with Crippen molar-refractivity contribution >= 4 is 5.69 Å². The molecule has 0 saturated heterocycles. The number of aliphatic hydroxyl groups excluding tert-OH is 1. The summed E-state index contributed by atoms with van der Waals surface area (Å²) in [4.78, 5) is 6.48. The fourth-order valence-electron chi connectivity index (χ4n) is 2.73. The maximum atomic E-state index is 8.61. The smallest absolute Gasteiger partial charge is 0.181 e. The normalized spacial score (nSPS) is 10.9. The van der Waals surface area contributed by atoms with Crippen LogP contribution in [0.5, 0.6) is 5.75 Å². The van der Waals surface area contributed by atoms with Crippen molar-refractivity contribution in [3.63, 3.8) is 0 Å². The van der Waals surface area contributed by atoms with Crippen LogP contribution in [0.25, 0.3) is 17.1 Å².